The van der Waals surface area contributed by atoms with Crippen LogP contribution in [0.4, 0.5) is 0 Å². The highest BCUT2D eigenvalue weighted by molar-refractivity contribution is 5.20. The van der Waals surface area contributed by atoms with Crippen molar-refractivity contribution >= 4 is 0 Å². The predicted molar refractivity (Wildman–Crippen MR) is 78.2 cm³/mol. The van der Waals surface area contributed by atoms with Crippen molar-refractivity contribution in [2.24, 2.45) is 0 Å². The summed E-state index contributed by atoms with van der Waals surface area (Å²) in [5.74, 6) is 0.839. The molecular formula is C16H19NO3. The first-order valence-corrected chi connectivity index (χ1v) is 6.68. The van der Waals surface area contributed by atoms with Gasteiger partial charge in [0.05, 0.1) is 13.2 Å². The second-order valence-electron chi connectivity index (χ2n) is 4.51. The van der Waals surface area contributed by atoms with Gasteiger partial charge in [0.25, 0.3) is 5.56 Å². The molecule has 1 aromatic heterocycles. The maximum Gasteiger partial charge on any atom is 0.250 e. The largest absolute Gasteiger partial charge is 0.491 e. The van der Waals surface area contributed by atoms with E-state index < -0.39 is 0 Å². The summed E-state index contributed by atoms with van der Waals surface area (Å²) >= 11 is 0. The Bertz CT molecular complexity index is 578. The number of pyridine rings is 1. The van der Waals surface area contributed by atoms with Gasteiger partial charge in [-0.25, -0.2) is 0 Å². The van der Waals surface area contributed by atoms with E-state index >= 15 is 0 Å². The van der Waals surface area contributed by atoms with Crippen molar-refractivity contribution < 1.29 is 9.47 Å². The van der Waals surface area contributed by atoms with Crippen molar-refractivity contribution in [3.8, 4) is 5.75 Å². The molecule has 106 valence electrons. The molecule has 0 bridgehead atoms. The van der Waals surface area contributed by atoms with Gasteiger partial charge >= 0.3 is 0 Å². The van der Waals surface area contributed by atoms with Crippen molar-refractivity contribution in [3.63, 3.8) is 0 Å². The predicted octanol–water partition coefficient (Wildman–Crippen LogP) is 2.25. The Morgan fingerprint density at radius 1 is 1.05 bits per heavy atom. The minimum Gasteiger partial charge on any atom is -0.491 e. The summed E-state index contributed by atoms with van der Waals surface area (Å²) in [6.07, 6.45) is 1.79. The third-order valence-corrected chi connectivity index (χ3v) is 2.87. The molecule has 0 saturated heterocycles. The van der Waals surface area contributed by atoms with E-state index in [0.29, 0.717) is 26.4 Å². The van der Waals surface area contributed by atoms with E-state index in [1.165, 1.54) is 0 Å². The van der Waals surface area contributed by atoms with Gasteiger partial charge in [-0.3, -0.25) is 4.79 Å². The lowest BCUT2D eigenvalue weighted by molar-refractivity contribution is 0.0939. The number of nitrogens with zero attached hydrogens (tertiary/aromatic N) is 1. The molecule has 4 heteroatoms. The van der Waals surface area contributed by atoms with E-state index in [0.717, 1.165) is 11.3 Å². The van der Waals surface area contributed by atoms with Gasteiger partial charge in [-0.1, -0.05) is 18.2 Å². The van der Waals surface area contributed by atoms with Crippen molar-refractivity contribution in [1.82, 2.24) is 4.57 Å². The lowest BCUT2D eigenvalue weighted by Gasteiger charge is -2.08. The number of hydrogen-bond acceptors (Lipinski definition) is 3. The Hall–Kier alpha value is -2.07. The number of ether oxygens (including phenoxy) is 2. The summed E-state index contributed by atoms with van der Waals surface area (Å²) in [5.41, 5.74) is 0.984. The SMILES string of the molecule is Cc1ccn(CCOCCOc2ccccc2)c(=O)c1. The molecule has 1 aromatic carbocycles. The van der Waals surface area contributed by atoms with Crippen LogP contribution in [0.5, 0.6) is 5.75 Å². The Labute approximate surface area is 118 Å². The van der Waals surface area contributed by atoms with Gasteiger partial charge < -0.3 is 14.0 Å². The number of benzene rings is 1. The summed E-state index contributed by atoms with van der Waals surface area (Å²) in [6, 6.07) is 13.2. The van der Waals surface area contributed by atoms with Crippen LogP contribution in [-0.4, -0.2) is 24.4 Å². The van der Waals surface area contributed by atoms with E-state index in [4.69, 9.17) is 9.47 Å². The maximum atomic E-state index is 11.6. The molecule has 0 atom stereocenters. The average Bonchev–Trinajstić information content (AvgIpc) is 2.46. The van der Waals surface area contributed by atoms with E-state index in [9.17, 15) is 4.79 Å². The van der Waals surface area contributed by atoms with E-state index in [1.54, 1.807) is 16.8 Å². The minimum absolute atomic E-state index is 0.00846. The Morgan fingerprint density at radius 3 is 2.60 bits per heavy atom. The molecule has 1 heterocycles. The van der Waals surface area contributed by atoms with Crippen LogP contribution in [0.15, 0.2) is 53.5 Å². The molecule has 0 amide bonds. The number of para-hydroxylation sites is 1. The standard InChI is InChI=1S/C16H19NO3/c1-14-7-8-17(16(18)13-14)9-10-19-11-12-20-15-5-3-2-4-6-15/h2-8,13H,9-12H2,1H3. The number of aryl methyl sites for hydroxylation is 1. The third kappa shape index (κ3) is 4.55. The highest BCUT2D eigenvalue weighted by Crippen LogP contribution is 2.07. The minimum atomic E-state index is 0.00846. The van der Waals surface area contributed by atoms with Crippen molar-refractivity contribution in [1.29, 1.82) is 0 Å². The van der Waals surface area contributed by atoms with Crippen LogP contribution >= 0.6 is 0 Å². The summed E-state index contributed by atoms with van der Waals surface area (Å²) in [5, 5.41) is 0. The molecule has 0 fully saturated rings. The van der Waals surface area contributed by atoms with E-state index in [1.807, 2.05) is 43.3 Å². The molecule has 0 aliphatic carbocycles. The lowest BCUT2D eigenvalue weighted by Crippen LogP contribution is -2.21. The van der Waals surface area contributed by atoms with Gasteiger partial charge in [-0.15, -0.1) is 0 Å². The monoisotopic (exact) mass is 273 g/mol. The molecule has 0 spiro atoms. The molecule has 0 N–H and O–H groups in total. The molecule has 0 aliphatic rings. The van der Waals surface area contributed by atoms with Gasteiger partial charge in [0.15, 0.2) is 0 Å². The number of aromatic nitrogens is 1. The normalized spacial score (nSPS) is 10.4. The van der Waals surface area contributed by atoms with Crippen molar-refractivity contribution in [3.05, 3.63) is 64.6 Å². The summed E-state index contributed by atoms with van der Waals surface area (Å²) in [7, 11) is 0. The fraction of sp³-hybridized carbons (Fsp3) is 0.312. The highest BCUT2D eigenvalue weighted by atomic mass is 16.5. The van der Waals surface area contributed by atoms with Crippen LogP contribution < -0.4 is 10.3 Å². The van der Waals surface area contributed by atoms with Crippen LogP contribution in [0, 0.1) is 6.92 Å². The zero-order chi connectivity index (χ0) is 14.2. The Morgan fingerprint density at radius 2 is 1.85 bits per heavy atom. The summed E-state index contributed by atoms with van der Waals surface area (Å²) in [4.78, 5) is 11.6. The summed E-state index contributed by atoms with van der Waals surface area (Å²) in [6.45, 7) is 3.98. The second-order valence-corrected chi connectivity index (χ2v) is 4.51. The fourth-order valence-corrected chi connectivity index (χ4v) is 1.79. The van der Waals surface area contributed by atoms with Gasteiger partial charge in [0, 0.05) is 18.8 Å². The topological polar surface area (TPSA) is 40.5 Å². The summed E-state index contributed by atoms with van der Waals surface area (Å²) < 4.78 is 12.6. The zero-order valence-corrected chi connectivity index (χ0v) is 11.6. The number of rotatable bonds is 7. The zero-order valence-electron chi connectivity index (χ0n) is 11.6. The Balaban J connectivity index is 1.63. The van der Waals surface area contributed by atoms with Gasteiger partial charge in [-0.2, -0.15) is 0 Å². The fourth-order valence-electron chi connectivity index (χ4n) is 1.79. The van der Waals surface area contributed by atoms with Crippen molar-refractivity contribution in [2.75, 3.05) is 19.8 Å². The quantitative estimate of drug-likeness (QED) is 0.726. The van der Waals surface area contributed by atoms with E-state index in [2.05, 4.69) is 0 Å². The molecule has 0 unspecified atom stereocenters. The first kappa shape index (κ1) is 14.3. The van der Waals surface area contributed by atoms with Gasteiger partial charge in [-0.05, 0) is 30.7 Å². The molecule has 0 saturated carbocycles. The molecular weight excluding hydrogens is 254 g/mol. The first-order chi connectivity index (χ1) is 9.75. The van der Waals surface area contributed by atoms with Crippen LogP contribution in [-0.2, 0) is 11.3 Å². The average molecular weight is 273 g/mol. The van der Waals surface area contributed by atoms with Crippen LogP contribution in [0.1, 0.15) is 5.56 Å². The molecule has 0 radical (unpaired) electrons. The molecule has 2 aromatic rings. The maximum absolute atomic E-state index is 11.6. The first-order valence-electron chi connectivity index (χ1n) is 6.68. The Kier molecular flexibility index (Phi) is 5.38. The van der Waals surface area contributed by atoms with Crippen LogP contribution in [0.2, 0.25) is 0 Å². The smallest absolute Gasteiger partial charge is 0.250 e. The molecule has 2 rings (SSSR count). The van der Waals surface area contributed by atoms with Gasteiger partial charge in [0.1, 0.15) is 12.4 Å². The number of hydrogen-bond donors (Lipinski definition) is 0. The third-order valence-electron chi connectivity index (χ3n) is 2.87. The molecule has 20 heavy (non-hydrogen) atoms. The van der Waals surface area contributed by atoms with Gasteiger partial charge in [0.2, 0.25) is 0 Å². The highest BCUT2D eigenvalue weighted by Gasteiger charge is 1.96. The van der Waals surface area contributed by atoms with Crippen LogP contribution in [0.3, 0.4) is 0 Å². The second kappa shape index (κ2) is 7.50. The molecule has 0 aliphatic heterocycles. The van der Waals surface area contributed by atoms with E-state index in [-0.39, 0.29) is 5.56 Å². The van der Waals surface area contributed by atoms with Crippen LogP contribution in [0.25, 0.3) is 0 Å². The lowest BCUT2D eigenvalue weighted by atomic mass is 10.3. The van der Waals surface area contributed by atoms with Crippen molar-refractivity contribution in [2.45, 2.75) is 13.5 Å². The molecule has 4 nitrogen and oxygen atoms in total.